The molecular weight excluding hydrogens is 526 g/mol. The molecule has 0 aliphatic heterocycles. The molecule has 8 nitrogen and oxygen atoms in total. The molecule has 0 spiro atoms. The van der Waals surface area contributed by atoms with E-state index in [1.165, 1.54) is 11.0 Å². The van der Waals surface area contributed by atoms with Gasteiger partial charge < -0.3 is 15.0 Å². The quantitative estimate of drug-likeness (QED) is 0.428. The number of methoxy groups -OCH3 is 1. The molecule has 1 atom stereocenters. The molecule has 0 unspecified atom stereocenters. The largest absolute Gasteiger partial charge is 0.497 e. The smallest absolute Gasteiger partial charge is 0.244 e. The van der Waals surface area contributed by atoms with Crippen molar-refractivity contribution in [3.63, 3.8) is 0 Å². The van der Waals surface area contributed by atoms with Gasteiger partial charge in [0.25, 0.3) is 0 Å². The second-order valence-electron chi connectivity index (χ2n) is 9.84. The molecule has 2 amide bonds. The first-order chi connectivity index (χ1) is 18.0. The standard InChI is InChI=1S/C28H38ClN3O5S/c1-5-25(28(34)30-23-11-7-6-8-12-23)31(18-21-10-9-13-24(16-21)37-3)27(33)19-32(38(4,35)36)26-17-22(29)15-14-20(26)2/h9-10,13-17,23,25H,5-8,11-12,18-19H2,1-4H3,(H,30,34)/t25-/m0/s1. The van der Waals surface area contributed by atoms with Crippen molar-refractivity contribution >= 4 is 39.1 Å². The summed E-state index contributed by atoms with van der Waals surface area (Å²) in [5, 5.41) is 3.50. The summed E-state index contributed by atoms with van der Waals surface area (Å²) in [6.07, 6.45) is 6.56. The highest BCUT2D eigenvalue weighted by Crippen LogP contribution is 2.27. The van der Waals surface area contributed by atoms with E-state index in [1.54, 1.807) is 32.2 Å². The van der Waals surface area contributed by atoms with E-state index >= 15 is 0 Å². The molecule has 10 heteroatoms. The Morgan fingerprint density at radius 3 is 2.47 bits per heavy atom. The number of ether oxygens (including phenoxy) is 1. The van der Waals surface area contributed by atoms with Gasteiger partial charge in [0.05, 0.1) is 19.1 Å². The van der Waals surface area contributed by atoms with Gasteiger partial charge in [-0.2, -0.15) is 0 Å². The Kier molecular flexibility index (Phi) is 10.4. The van der Waals surface area contributed by atoms with Gasteiger partial charge in [0.1, 0.15) is 18.3 Å². The molecule has 2 aromatic carbocycles. The van der Waals surface area contributed by atoms with Gasteiger partial charge in [-0.3, -0.25) is 13.9 Å². The van der Waals surface area contributed by atoms with Crippen LogP contribution >= 0.6 is 11.6 Å². The molecule has 0 saturated heterocycles. The fourth-order valence-corrected chi connectivity index (χ4v) is 5.94. The van der Waals surface area contributed by atoms with Crippen molar-refractivity contribution in [2.24, 2.45) is 0 Å². The number of rotatable bonds is 11. The van der Waals surface area contributed by atoms with Gasteiger partial charge >= 0.3 is 0 Å². The molecule has 1 aliphatic carbocycles. The number of anilines is 1. The number of amides is 2. The third kappa shape index (κ3) is 7.86. The Balaban J connectivity index is 1.96. The summed E-state index contributed by atoms with van der Waals surface area (Å²) in [5.74, 6) is -0.0781. The molecular formula is C28H38ClN3O5S. The number of nitrogens with zero attached hydrogens (tertiary/aromatic N) is 2. The average Bonchev–Trinajstić information content (AvgIpc) is 2.88. The van der Waals surface area contributed by atoms with E-state index in [2.05, 4.69) is 5.32 Å². The maximum atomic E-state index is 13.9. The van der Waals surface area contributed by atoms with Crippen molar-refractivity contribution in [1.82, 2.24) is 10.2 Å². The normalized spacial score (nSPS) is 15.0. The molecule has 0 heterocycles. The maximum Gasteiger partial charge on any atom is 0.244 e. The Hall–Kier alpha value is -2.78. The predicted octanol–water partition coefficient (Wildman–Crippen LogP) is 4.68. The Morgan fingerprint density at radius 2 is 1.84 bits per heavy atom. The number of benzene rings is 2. The Bertz CT molecular complexity index is 1230. The van der Waals surface area contributed by atoms with Crippen LogP contribution in [0.5, 0.6) is 5.75 Å². The Labute approximate surface area is 231 Å². The van der Waals surface area contributed by atoms with E-state index in [4.69, 9.17) is 16.3 Å². The van der Waals surface area contributed by atoms with E-state index in [-0.39, 0.29) is 18.5 Å². The van der Waals surface area contributed by atoms with E-state index in [0.29, 0.717) is 28.4 Å². The minimum Gasteiger partial charge on any atom is -0.497 e. The number of hydrogen-bond acceptors (Lipinski definition) is 5. The fraction of sp³-hybridized carbons (Fsp3) is 0.500. The third-order valence-electron chi connectivity index (χ3n) is 6.94. The predicted molar refractivity (Wildman–Crippen MR) is 151 cm³/mol. The lowest BCUT2D eigenvalue weighted by molar-refractivity contribution is -0.140. The summed E-state index contributed by atoms with van der Waals surface area (Å²) in [5.41, 5.74) is 1.76. The molecule has 0 aromatic heterocycles. The van der Waals surface area contributed by atoms with Gasteiger partial charge in [-0.25, -0.2) is 8.42 Å². The van der Waals surface area contributed by atoms with Crippen LogP contribution in [0, 0.1) is 6.92 Å². The van der Waals surface area contributed by atoms with Gasteiger partial charge in [0, 0.05) is 17.6 Å². The van der Waals surface area contributed by atoms with Gasteiger partial charge in [0.15, 0.2) is 0 Å². The van der Waals surface area contributed by atoms with E-state index < -0.39 is 28.5 Å². The average molecular weight is 564 g/mol. The highest BCUT2D eigenvalue weighted by molar-refractivity contribution is 7.92. The van der Waals surface area contributed by atoms with Crippen molar-refractivity contribution in [2.75, 3.05) is 24.2 Å². The summed E-state index contributed by atoms with van der Waals surface area (Å²) < 4.78 is 32.1. The van der Waals surface area contributed by atoms with Gasteiger partial charge in [0.2, 0.25) is 21.8 Å². The molecule has 3 rings (SSSR count). The lowest BCUT2D eigenvalue weighted by Crippen LogP contribution is -2.54. The number of hydrogen-bond donors (Lipinski definition) is 1. The SMILES string of the molecule is CC[C@@H](C(=O)NC1CCCCC1)N(Cc1cccc(OC)c1)C(=O)CN(c1cc(Cl)ccc1C)S(C)(=O)=O. The summed E-state index contributed by atoms with van der Waals surface area (Å²) in [6, 6.07) is 11.5. The first kappa shape index (κ1) is 29.8. The zero-order valence-electron chi connectivity index (χ0n) is 22.6. The molecule has 2 aromatic rings. The van der Waals surface area contributed by atoms with Crippen LogP contribution in [0.4, 0.5) is 5.69 Å². The molecule has 0 radical (unpaired) electrons. The van der Waals surface area contributed by atoms with Crippen molar-refractivity contribution in [3.8, 4) is 5.75 Å². The second-order valence-corrected chi connectivity index (χ2v) is 12.2. The number of carbonyl (C=O) groups is 2. The van der Waals surface area contributed by atoms with E-state index in [9.17, 15) is 18.0 Å². The zero-order valence-corrected chi connectivity index (χ0v) is 24.1. The van der Waals surface area contributed by atoms with Crippen LogP contribution in [0.15, 0.2) is 42.5 Å². The second kappa shape index (κ2) is 13.3. The lowest BCUT2D eigenvalue weighted by atomic mass is 9.95. The molecule has 1 fully saturated rings. The number of aryl methyl sites for hydroxylation is 1. The summed E-state index contributed by atoms with van der Waals surface area (Å²) in [4.78, 5) is 28.9. The minimum absolute atomic E-state index is 0.0840. The molecule has 1 N–H and O–H groups in total. The number of carbonyl (C=O) groups excluding carboxylic acids is 2. The molecule has 1 saturated carbocycles. The van der Waals surface area contributed by atoms with Crippen molar-refractivity contribution in [2.45, 2.75) is 71.0 Å². The van der Waals surface area contributed by atoms with E-state index in [1.807, 2.05) is 25.1 Å². The Morgan fingerprint density at radius 1 is 1.13 bits per heavy atom. The first-order valence-corrected chi connectivity index (χ1v) is 15.2. The highest BCUT2D eigenvalue weighted by atomic mass is 35.5. The van der Waals surface area contributed by atoms with Crippen molar-refractivity contribution in [3.05, 3.63) is 58.6 Å². The fourth-order valence-electron chi connectivity index (χ4n) is 4.88. The van der Waals surface area contributed by atoms with Crippen LogP contribution < -0.4 is 14.4 Å². The summed E-state index contributed by atoms with van der Waals surface area (Å²) in [6.45, 7) is 3.27. The lowest BCUT2D eigenvalue weighted by Gasteiger charge is -2.34. The number of halogens is 1. The van der Waals surface area contributed by atoms with Gasteiger partial charge in [-0.05, 0) is 61.6 Å². The number of nitrogens with one attached hydrogen (secondary N) is 1. The van der Waals surface area contributed by atoms with E-state index in [0.717, 1.165) is 48.2 Å². The van der Waals surface area contributed by atoms with Crippen LogP contribution in [0.1, 0.15) is 56.6 Å². The van der Waals surface area contributed by atoms with Crippen LogP contribution in [0.2, 0.25) is 5.02 Å². The molecule has 0 bridgehead atoms. The maximum absolute atomic E-state index is 13.9. The molecule has 208 valence electrons. The number of sulfonamides is 1. The highest BCUT2D eigenvalue weighted by Gasteiger charge is 2.33. The topological polar surface area (TPSA) is 96.0 Å². The third-order valence-corrected chi connectivity index (χ3v) is 8.31. The van der Waals surface area contributed by atoms with Crippen LogP contribution in [0.25, 0.3) is 0 Å². The molecule has 1 aliphatic rings. The summed E-state index contributed by atoms with van der Waals surface area (Å²) >= 11 is 6.17. The zero-order chi connectivity index (χ0) is 27.9. The van der Waals surface area contributed by atoms with Crippen LogP contribution in [-0.4, -0.2) is 57.1 Å². The van der Waals surface area contributed by atoms with Crippen LogP contribution in [-0.2, 0) is 26.2 Å². The van der Waals surface area contributed by atoms with Crippen molar-refractivity contribution < 1.29 is 22.7 Å². The monoisotopic (exact) mass is 563 g/mol. The van der Waals surface area contributed by atoms with Gasteiger partial charge in [-0.15, -0.1) is 0 Å². The van der Waals surface area contributed by atoms with Crippen molar-refractivity contribution in [1.29, 1.82) is 0 Å². The molecule has 38 heavy (non-hydrogen) atoms. The first-order valence-electron chi connectivity index (χ1n) is 13.0. The summed E-state index contributed by atoms with van der Waals surface area (Å²) in [7, 11) is -2.28. The minimum atomic E-state index is -3.84. The van der Waals surface area contributed by atoms with Crippen LogP contribution in [0.3, 0.4) is 0 Å². The van der Waals surface area contributed by atoms with Gasteiger partial charge in [-0.1, -0.05) is 56.0 Å².